The van der Waals surface area contributed by atoms with Crippen molar-refractivity contribution in [3.63, 3.8) is 0 Å². The van der Waals surface area contributed by atoms with E-state index in [0.717, 1.165) is 24.8 Å². The first-order valence-electron chi connectivity index (χ1n) is 13.8. The van der Waals surface area contributed by atoms with Crippen LogP contribution in [0.25, 0.3) is 10.9 Å². The Bertz CT molecular complexity index is 1840. The molecule has 0 amide bonds. The summed E-state index contributed by atoms with van der Waals surface area (Å²) in [5, 5.41) is 26.4. The van der Waals surface area contributed by atoms with Gasteiger partial charge in [0, 0.05) is 17.3 Å². The maximum Gasteiger partial charge on any atom is 0.123 e. The highest BCUT2D eigenvalue weighted by Crippen LogP contribution is 2.38. The standard InChI is InChI=1S/C33H27BFN7/c1-3-21-16-26(39-33(34,24-10-12-25(35)13-11-24)30-20-42(41-40-30)27-14-15-27)17-28-31(21)37-19-23(18-36)32(28)38-29(4-2)22-8-6-5-7-9-22/h1,5-13,16-17,19-20,27,29,39H,4,14-15H2,2H3,(H,37,38)/t29-,33?/m1/s1. The van der Waals surface area contributed by atoms with Crippen LogP contribution in [0.1, 0.15) is 66.2 Å². The Morgan fingerprint density at radius 1 is 1.14 bits per heavy atom. The van der Waals surface area contributed by atoms with Crippen molar-refractivity contribution in [2.75, 3.05) is 10.6 Å². The molecule has 6 rings (SSSR count). The van der Waals surface area contributed by atoms with Gasteiger partial charge in [-0.1, -0.05) is 60.5 Å². The van der Waals surface area contributed by atoms with E-state index < -0.39 is 5.44 Å². The van der Waals surface area contributed by atoms with Crippen LogP contribution >= 0.6 is 0 Å². The lowest BCUT2D eigenvalue weighted by Crippen LogP contribution is -2.38. The first kappa shape index (κ1) is 27.0. The predicted octanol–water partition coefficient (Wildman–Crippen LogP) is 6.20. The van der Waals surface area contributed by atoms with Crippen molar-refractivity contribution in [2.45, 2.75) is 43.7 Å². The normalized spacial score (nSPS) is 14.9. The number of nitrogens with one attached hydrogen (secondary N) is 2. The Labute approximate surface area is 245 Å². The fourth-order valence-electron chi connectivity index (χ4n) is 5.21. The molecular weight excluding hydrogens is 524 g/mol. The Morgan fingerprint density at radius 2 is 1.90 bits per heavy atom. The fraction of sp³-hybridized carbons (Fsp3) is 0.212. The van der Waals surface area contributed by atoms with E-state index in [0.29, 0.717) is 50.7 Å². The highest BCUT2D eigenvalue weighted by molar-refractivity contribution is 6.19. The van der Waals surface area contributed by atoms with Crippen molar-refractivity contribution in [1.82, 2.24) is 20.0 Å². The molecular formula is C33H27BFN7. The lowest BCUT2D eigenvalue weighted by molar-refractivity contribution is 0.610. The summed E-state index contributed by atoms with van der Waals surface area (Å²) in [4.78, 5) is 4.55. The number of aromatic nitrogens is 4. The van der Waals surface area contributed by atoms with Crippen molar-refractivity contribution < 1.29 is 4.39 Å². The monoisotopic (exact) mass is 551 g/mol. The van der Waals surface area contributed by atoms with E-state index in [2.05, 4.69) is 57.0 Å². The zero-order valence-corrected chi connectivity index (χ0v) is 23.1. The highest BCUT2D eigenvalue weighted by atomic mass is 19.1. The molecule has 9 heteroatoms. The van der Waals surface area contributed by atoms with Crippen LogP contribution in [0.2, 0.25) is 0 Å². The second-order valence-electron chi connectivity index (χ2n) is 10.5. The number of terminal acetylenes is 1. The van der Waals surface area contributed by atoms with Crippen LogP contribution in [-0.2, 0) is 5.44 Å². The van der Waals surface area contributed by atoms with Gasteiger partial charge in [0.05, 0.1) is 46.0 Å². The van der Waals surface area contributed by atoms with Crippen molar-refractivity contribution in [3.8, 4) is 18.4 Å². The van der Waals surface area contributed by atoms with Crippen LogP contribution in [0.3, 0.4) is 0 Å². The SMILES string of the molecule is [B]C(Nc1cc(C#C)c2ncc(C#N)c(N[C@H](CC)c3ccccc3)c2c1)(c1ccc(F)cc1)c1cn(C2CC2)nn1. The van der Waals surface area contributed by atoms with E-state index >= 15 is 0 Å². The molecule has 1 fully saturated rings. The third-order valence-corrected chi connectivity index (χ3v) is 7.65. The second-order valence-corrected chi connectivity index (χ2v) is 10.5. The smallest absolute Gasteiger partial charge is 0.123 e. The molecule has 2 N–H and O–H groups in total. The van der Waals surface area contributed by atoms with Gasteiger partial charge in [-0.3, -0.25) is 4.98 Å². The molecule has 2 heterocycles. The zero-order valence-electron chi connectivity index (χ0n) is 23.1. The number of hydrogen-bond acceptors (Lipinski definition) is 6. The molecule has 0 saturated heterocycles. The number of hydrogen-bond donors (Lipinski definition) is 2. The van der Waals surface area contributed by atoms with Crippen molar-refractivity contribution in [1.29, 1.82) is 5.26 Å². The number of anilines is 2. The van der Waals surface area contributed by atoms with Gasteiger partial charge in [-0.05, 0) is 54.7 Å². The average Bonchev–Trinajstić information content (AvgIpc) is 3.75. The van der Waals surface area contributed by atoms with Gasteiger partial charge >= 0.3 is 0 Å². The minimum absolute atomic E-state index is 0.0555. The van der Waals surface area contributed by atoms with E-state index in [1.165, 1.54) is 18.3 Å². The number of benzene rings is 3. The summed E-state index contributed by atoms with van der Waals surface area (Å²) in [7, 11) is 7.08. The van der Waals surface area contributed by atoms with E-state index in [1.54, 1.807) is 18.2 Å². The van der Waals surface area contributed by atoms with Crippen molar-refractivity contribution in [3.05, 3.63) is 113 Å². The lowest BCUT2D eigenvalue weighted by atomic mass is 9.69. The number of nitriles is 1. The summed E-state index contributed by atoms with van der Waals surface area (Å²) in [5.41, 5.74) is 3.49. The summed E-state index contributed by atoms with van der Waals surface area (Å²) in [6.07, 6.45) is 12.2. The first-order chi connectivity index (χ1) is 20.4. The lowest BCUT2D eigenvalue weighted by Gasteiger charge is -2.32. The van der Waals surface area contributed by atoms with Gasteiger partial charge in [0.15, 0.2) is 0 Å². The van der Waals surface area contributed by atoms with Gasteiger partial charge < -0.3 is 10.6 Å². The van der Waals surface area contributed by atoms with Crippen LogP contribution in [0.5, 0.6) is 0 Å². The third kappa shape index (κ3) is 5.06. The number of fused-ring (bicyclic) bond motifs is 1. The summed E-state index contributed by atoms with van der Waals surface area (Å²) < 4.78 is 15.7. The van der Waals surface area contributed by atoms with Crippen molar-refractivity contribution in [2.24, 2.45) is 0 Å². The zero-order chi connectivity index (χ0) is 29.3. The Kier molecular flexibility index (Phi) is 7.10. The fourth-order valence-corrected chi connectivity index (χ4v) is 5.21. The van der Waals surface area contributed by atoms with E-state index in [9.17, 15) is 9.65 Å². The van der Waals surface area contributed by atoms with E-state index in [4.69, 9.17) is 14.3 Å². The molecule has 2 atom stereocenters. The van der Waals surface area contributed by atoms with Gasteiger partial charge in [-0.25, -0.2) is 9.07 Å². The van der Waals surface area contributed by atoms with E-state index in [-0.39, 0.29) is 11.9 Å². The highest BCUT2D eigenvalue weighted by Gasteiger charge is 2.34. The molecule has 5 aromatic rings. The van der Waals surface area contributed by atoms with Crippen LogP contribution in [0, 0.1) is 29.5 Å². The number of pyridine rings is 1. The number of nitrogens with zero attached hydrogens (tertiary/aromatic N) is 5. The molecule has 1 aliphatic rings. The molecule has 2 radical (unpaired) electrons. The summed E-state index contributed by atoms with van der Waals surface area (Å²) >= 11 is 0. The minimum Gasteiger partial charge on any atom is -0.378 e. The topological polar surface area (TPSA) is 91.5 Å². The number of rotatable bonds is 9. The first-order valence-corrected chi connectivity index (χ1v) is 13.8. The summed E-state index contributed by atoms with van der Waals surface area (Å²) in [6.45, 7) is 2.08. The quantitative estimate of drug-likeness (QED) is 0.168. The van der Waals surface area contributed by atoms with Gasteiger partial charge in [-0.2, -0.15) is 5.26 Å². The summed E-state index contributed by atoms with van der Waals surface area (Å²) in [5.74, 6) is 2.36. The molecule has 1 saturated carbocycles. The minimum atomic E-state index is -1.37. The molecule has 1 aliphatic carbocycles. The summed E-state index contributed by atoms with van der Waals surface area (Å²) in [6, 6.07) is 22.2. The molecule has 0 aliphatic heterocycles. The van der Waals surface area contributed by atoms with Gasteiger partial charge in [0.25, 0.3) is 0 Å². The molecule has 0 spiro atoms. The third-order valence-electron chi connectivity index (χ3n) is 7.65. The Morgan fingerprint density at radius 3 is 2.57 bits per heavy atom. The maximum atomic E-state index is 13.9. The molecule has 7 nitrogen and oxygen atoms in total. The van der Waals surface area contributed by atoms with Crippen LogP contribution < -0.4 is 10.6 Å². The average molecular weight is 551 g/mol. The van der Waals surface area contributed by atoms with Crippen LogP contribution in [0.4, 0.5) is 15.8 Å². The Balaban J connectivity index is 1.49. The molecule has 0 bridgehead atoms. The maximum absolute atomic E-state index is 13.9. The number of halogens is 1. The second kappa shape index (κ2) is 11.0. The predicted molar refractivity (Wildman–Crippen MR) is 162 cm³/mol. The van der Waals surface area contributed by atoms with Gasteiger partial charge in [0.1, 0.15) is 25.4 Å². The molecule has 1 unspecified atom stereocenters. The van der Waals surface area contributed by atoms with Gasteiger partial charge in [-0.15, -0.1) is 11.5 Å². The van der Waals surface area contributed by atoms with Crippen molar-refractivity contribution >= 4 is 30.1 Å². The molecule has 3 aromatic carbocycles. The molecule has 204 valence electrons. The molecule has 42 heavy (non-hydrogen) atoms. The van der Waals surface area contributed by atoms with Gasteiger partial charge in [0.2, 0.25) is 0 Å². The van der Waals surface area contributed by atoms with Crippen LogP contribution in [-0.4, -0.2) is 27.8 Å². The molecule has 2 aromatic heterocycles. The van der Waals surface area contributed by atoms with E-state index in [1.807, 2.05) is 35.1 Å². The Hall–Kier alpha value is -5.15. The van der Waals surface area contributed by atoms with Crippen LogP contribution in [0.15, 0.2) is 79.1 Å². The largest absolute Gasteiger partial charge is 0.378 e.